The van der Waals surface area contributed by atoms with Gasteiger partial charge in [0.15, 0.2) is 0 Å². The van der Waals surface area contributed by atoms with E-state index < -0.39 is 18.0 Å². The molecule has 4 heterocycles. The number of rotatable bonds is 8. The number of piperazine rings is 1. The Morgan fingerprint density at radius 2 is 1.59 bits per heavy atom. The van der Waals surface area contributed by atoms with Crippen LogP contribution >= 0.6 is 31.9 Å². The summed E-state index contributed by atoms with van der Waals surface area (Å²) in [4.78, 5) is 66.2. The highest BCUT2D eigenvalue weighted by Crippen LogP contribution is 2.30. The molecule has 2 fully saturated rings. The Kier molecular flexibility index (Phi) is 10.6. The Morgan fingerprint density at radius 3 is 2.27 bits per heavy atom. The van der Waals surface area contributed by atoms with Crippen molar-refractivity contribution in [1.29, 1.82) is 0 Å². The maximum atomic E-state index is 13.8. The Labute approximate surface area is 300 Å². The second kappa shape index (κ2) is 15.0. The van der Waals surface area contributed by atoms with Crippen LogP contribution in [0.15, 0.2) is 74.7 Å². The standard InChI is InChI=1S/C34H39Br2N9O4/c1-21(32(47)43-16-14-42(15-17-43)23-6-10-38-11-7-23)39-31(46)28(20-22-18-25(35)30(37)26(36)19-22)41-33(48)44-12-8-24(9-13-44)45-29-5-3-2-4-27(29)40-34(45)49/h2-7,10-11,18-19,21,24,28H,8-9,12-17,20,37H2,1H3,(H,39,46)(H,40,49)(H,41,48)/t21-,28+/m0/s1. The largest absolute Gasteiger partial charge is 0.397 e. The van der Waals surface area contributed by atoms with Gasteiger partial charge in [0, 0.05) is 78.8 Å². The summed E-state index contributed by atoms with van der Waals surface area (Å²) >= 11 is 6.93. The monoisotopic (exact) mass is 795 g/mol. The molecule has 2 aromatic heterocycles. The number of hydrogen-bond acceptors (Lipinski definition) is 7. The van der Waals surface area contributed by atoms with Crippen LogP contribution in [0.25, 0.3) is 11.0 Å². The number of hydrogen-bond donors (Lipinski definition) is 4. The van der Waals surface area contributed by atoms with Crippen LogP contribution in [-0.4, -0.2) is 93.5 Å². The quantitative estimate of drug-likeness (QED) is 0.198. The zero-order valence-corrected chi connectivity index (χ0v) is 30.2. The summed E-state index contributed by atoms with van der Waals surface area (Å²) in [5.41, 5.74) is 9.89. The number of nitrogen functional groups attached to an aromatic ring is 1. The number of halogens is 2. The maximum Gasteiger partial charge on any atom is 0.326 e. The number of H-pyrrole nitrogens is 1. The van der Waals surface area contributed by atoms with Crippen molar-refractivity contribution in [3.8, 4) is 0 Å². The smallest absolute Gasteiger partial charge is 0.326 e. The molecule has 2 saturated heterocycles. The topological polar surface area (TPSA) is 162 Å². The van der Waals surface area contributed by atoms with Crippen molar-refractivity contribution in [2.75, 3.05) is 49.9 Å². The number of aromatic nitrogens is 3. The van der Waals surface area contributed by atoms with Crippen molar-refractivity contribution in [2.45, 2.75) is 44.3 Å². The van der Waals surface area contributed by atoms with E-state index in [2.05, 4.69) is 57.4 Å². The Hall–Kier alpha value is -4.37. The van der Waals surface area contributed by atoms with E-state index in [-0.39, 0.29) is 30.1 Å². The number of aromatic amines is 1. The third-order valence-corrected chi connectivity index (χ3v) is 10.6. The van der Waals surface area contributed by atoms with Crippen molar-refractivity contribution in [1.82, 2.24) is 35.0 Å². The van der Waals surface area contributed by atoms with Crippen LogP contribution in [0.4, 0.5) is 16.2 Å². The first-order chi connectivity index (χ1) is 23.6. The van der Waals surface area contributed by atoms with Gasteiger partial charge >= 0.3 is 11.7 Å². The lowest BCUT2D eigenvalue weighted by Gasteiger charge is -2.37. The number of fused-ring (bicyclic) bond motifs is 1. The second-order valence-electron chi connectivity index (χ2n) is 12.5. The number of likely N-dealkylation sites (tertiary alicyclic amines) is 1. The first-order valence-corrected chi connectivity index (χ1v) is 17.9. The second-order valence-corrected chi connectivity index (χ2v) is 14.2. The minimum absolute atomic E-state index is 0.0605. The highest BCUT2D eigenvalue weighted by Gasteiger charge is 2.32. The number of piperidine rings is 1. The summed E-state index contributed by atoms with van der Waals surface area (Å²) in [6.07, 6.45) is 4.84. The first-order valence-electron chi connectivity index (χ1n) is 16.3. The number of amides is 4. The van der Waals surface area contributed by atoms with E-state index in [9.17, 15) is 19.2 Å². The lowest BCUT2D eigenvalue weighted by molar-refractivity contribution is -0.136. The fourth-order valence-corrected chi connectivity index (χ4v) is 7.87. The molecule has 0 saturated carbocycles. The molecular formula is C34H39Br2N9O4. The first kappa shape index (κ1) is 34.5. The van der Waals surface area contributed by atoms with Crippen molar-refractivity contribution < 1.29 is 14.4 Å². The fourth-order valence-electron chi connectivity index (χ4n) is 6.59. The lowest BCUT2D eigenvalue weighted by Crippen LogP contribution is -2.58. The Morgan fingerprint density at radius 1 is 0.939 bits per heavy atom. The highest BCUT2D eigenvalue weighted by atomic mass is 79.9. The summed E-state index contributed by atoms with van der Waals surface area (Å²) in [6, 6.07) is 12.9. The van der Waals surface area contributed by atoms with E-state index >= 15 is 0 Å². The third kappa shape index (κ3) is 7.77. The van der Waals surface area contributed by atoms with E-state index in [1.54, 1.807) is 33.7 Å². The molecule has 2 aliphatic heterocycles. The number of imidazole rings is 1. The third-order valence-electron chi connectivity index (χ3n) is 9.28. The van der Waals surface area contributed by atoms with Gasteiger partial charge in [-0.05, 0) is 93.6 Å². The number of anilines is 2. The SMILES string of the molecule is C[C@H](NC(=O)[C@@H](Cc1cc(Br)c(N)c(Br)c1)NC(=O)N1CCC(n2c(=O)[nH]c3ccccc32)CC1)C(=O)N1CCN(c2ccncc2)CC1. The lowest BCUT2D eigenvalue weighted by atomic mass is 10.0. The highest BCUT2D eigenvalue weighted by molar-refractivity contribution is 9.11. The molecule has 13 nitrogen and oxygen atoms in total. The summed E-state index contributed by atoms with van der Waals surface area (Å²) in [6.45, 7) is 4.88. The molecule has 6 rings (SSSR count). The molecule has 4 aromatic rings. The van der Waals surface area contributed by atoms with E-state index in [0.717, 1.165) is 22.3 Å². The molecule has 15 heteroatoms. The number of para-hydroxylation sites is 2. The molecule has 49 heavy (non-hydrogen) atoms. The van der Waals surface area contributed by atoms with Crippen molar-refractivity contribution in [3.05, 3.63) is 85.9 Å². The molecule has 4 amide bonds. The molecule has 0 unspecified atom stereocenters. The van der Waals surface area contributed by atoms with Gasteiger partial charge in [0.25, 0.3) is 0 Å². The fraction of sp³-hybridized carbons (Fsp3) is 0.382. The van der Waals surface area contributed by atoms with Gasteiger partial charge in [-0.25, -0.2) is 9.59 Å². The molecule has 2 aliphatic rings. The molecule has 2 atom stereocenters. The molecular weight excluding hydrogens is 758 g/mol. The molecule has 0 radical (unpaired) electrons. The Bertz CT molecular complexity index is 1860. The minimum atomic E-state index is -0.970. The maximum absolute atomic E-state index is 13.8. The average molecular weight is 798 g/mol. The number of benzene rings is 2. The zero-order chi connectivity index (χ0) is 34.7. The van der Waals surface area contributed by atoms with E-state index in [0.29, 0.717) is 66.7 Å². The van der Waals surface area contributed by atoms with Gasteiger partial charge in [-0.2, -0.15) is 0 Å². The van der Waals surface area contributed by atoms with E-state index in [4.69, 9.17) is 5.73 Å². The van der Waals surface area contributed by atoms with Crippen LogP contribution in [0.3, 0.4) is 0 Å². The predicted octanol–water partition coefficient (Wildman–Crippen LogP) is 3.64. The number of carbonyl (C=O) groups excluding carboxylic acids is 3. The van der Waals surface area contributed by atoms with Crippen molar-refractivity contribution in [2.24, 2.45) is 0 Å². The van der Waals surface area contributed by atoms with Crippen molar-refractivity contribution >= 4 is 72.1 Å². The van der Waals surface area contributed by atoms with Gasteiger partial charge in [0.2, 0.25) is 11.8 Å². The number of urea groups is 1. The molecule has 0 bridgehead atoms. The average Bonchev–Trinajstić information content (AvgIpc) is 3.45. The van der Waals surface area contributed by atoms with Gasteiger partial charge in [0.1, 0.15) is 12.1 Å². The molecule has 258 valence electrons. The summed E-state index contributed by atoms with van der Waals surface area (Å²) in [7, 11) is 0. The number of nitrogens with zero attached hydrogens (tertiary/aromatic N) is 5. The van der Waals surface area contributed by atoms with Crippen LogP contribution < -0.4 is 27.0 Å². The predicted molar refractivity (Wildman–Crippen MR) is 195 cm³/mol. The Balaban J connectivity index is 1.10. The van der Waals surface area contributed by atoms with Gasteiger partial charge in [-0.15, -0.1) is 0 Å². The van der Waals surface area contributed by atoms with Gasteiger partial charge in [0.05, 0.1) is 16.7 Å². The van der Waals surface area contributed by atoms with E-state index in [1.165, 1.54) is 0 Å². The van der Waals surface area contributed by atoms with Gasteiger partial charge in [-0.1, -0.05) is 12.1 Å². The molecule has 0 spiro atoms. The molecule has 5 N–H and O–H groups in total. The number of pyridine rings is 1. The van der Waals surface area contributed by atoms with Crippen LogP contribution in [0.1, 0.15) is 31.4 Å². The summed E-state index contributed by atoms with van der Waals surface area (Å²) < 4.78 is 3.09. The van der Waals surface area contributed by atoms with Crippen molar-refractivity contribution in [3.63, 3.8) is 0 Å². The van der Waals surface area contributed by atoms with Gasteiger partial charge in [-0.3, -0.25) is 19.1 Å². The van der Waals surface area contributed by atoms with Crippen LogP contribution in [0.2, 0.25) is 0 Å². The van der Waals surface area contributed by atoms with Gasteiger partial charge < -0.3 is 36.1 Å². The van der Waals surface area contributed by atoms with Crippen LogP contribution in [0.5, 0.6) is 0 Å². The molecule has 0 aliphatic carbocycles. The van der Waals surface area contributed by atoms with E-state index in [1.807, 2.05) is 48.5 Å². The normalized spacial score (nSPS) is 16.8. The minimum Gasteiger partial charge on any atom is -0.397 e. The summed E-state index contributed by atoms with van der Waals surface area (Å²) in [5.74, 6) is -0.644. The number of carbonyl (C=O) groups is 3. The number of nitrogens with two attached hydrogens (primary N) is 1. The van der Waals surface area contributed by atoms with Crippen LogP contribution in [-0.2, 0) is 16.0 Å². The molecule has 2 aromatic carbocycles. The zero-order valence-electron chi connectivity index (χ0n) is 27.1. The van der Waals surface area contributed by atoms with Crippen LogP contribution in [0, 0.1) is 0 Å². The number of nitrogens with one attached hydrogen (secondary N) is 3. The summed E-state index contributed by atoms with van der Waals surface area (Å²) in [5, 5.41) is 5.79.